The van der Waals surface area contributed by atoms with E-state index < -0.39 is 5.91 Å². The highest BCUT2D eigenvalue weighted by atomic mass is 16.5. The third-order valence-corrected chi connectivity index (χ3v) is 11.8. The number of rotatable bonds is 13. The molecular formula is C46H54N12O4. The molecule has 0 spiro atoms. The Labute approximate surface area is 360 Å². The number of pyridine rings is 1. The van der Waals surface area contributed by atoms with Crippen LogP contribution in [0.5, 0.6) is 0 Å². The molecule has 4 aromatic heterocycles. The molecule has 4 amide bonds. The second kappa shape index (κ2) is 17.7. The normalized spacial score (nSPS) is 15.7. The van der Waals surface area contributed by atoms with Crippen LogP contribution in [-0.2, 0) is 10.2 Å². The number of hydrogen-bond acceptors (Lipinski definition) is 12. The number of aryl methyl sites for hydroxylation is 1. The van der Waals surface area contributed by atoms with Crippen molar-refractivity contribution in [2.24, 2.45) is 5.92 Å². The van der Waals surface area contributed by atoms with Crippen molar-refractivity contribution in [2.75, 3.05) is 61.4 Å². The topological polar surface area (TPSA) is 190 Å². The van der Waals surface area contributed by atoms with Crippen LogP contribution < -0.4 is 25.8 Å². The predicted molar refractivity (Wildman–Crippen MR) is 239 cm³/mol. The van der Waals surface area contributed by atoms with E-state index in [1.54, 1.807) is 11.2 Å². The minimum absolute atomic E-state index is 0.0543. The molecule has 322 valence electrons. The number of fused-ring (bicyclic) bond motifs is 1. The molecule has 0 unspecified atom stereocenters. The number of aromatic nitrogens is 6. The summed E-state index contributed by atoms with van der Waals surface area (Å²) in [5.41, 5.74) is 8.67. The highest BCUT2D eigenvalue weighted by Crippen LogP contribution is 2.32. The fourth-order valence-corrected chi connectivity index (χ4v) is 8.07. The van der Waals surface area contributed by atoms with E-state index >= 15 is 0 Å². The molecule has 16 nitrogen and oxygen atoms in total. The van der Waals surface area contributed by atoms with Gasteiger partial charge in [-0.2, -0.15) is 4.98 Å². The average molecular weight is 839 g/mol. The molecule has 2 aliphatic rings. The maximum Gasteiger partial charge on any atom is 0.330 e. The van der Waals surface area contributed by atoms with Crippen LogP contribution in [0.1, 0.15) is 80.6 Å². The molecule has 0 radical (unpaired) electrons. The summed E-state index contributed by atoms with van der Waals surface area (Å²) in [6.45, 7) is 14.8. The maximum atomic E-state index is 12.9. The predicted octanol–water partition coefficient (Wildman–Crippen LogP) is 6.87. The molecule has 6 aromatic rings. The lowest BCUT2D eigenvalue weighted by Crippen LogP contribution is -2.50. The molecule has 2 aliphatic heterocycles. The fourth-order valence-electron chi connectivity index (χ4n) is 8.07. The van der Waals surface area contributed by atoms with E-state index in [1.165, 1.54) is 11.9 Å². The van der Waals surface area contributed by atoms with E-state index in [9.17, 15) is 14.4 Å². The van der Waals surface area contributed by atoms with E-state index in [2.05, 4.69) is 64.1 Å². The lowest BCUT2D eigenvalue weighted by molar-refractivity contribution is -0.127. The first-order valence-corrected chi connectivity index (χ1v) is 21.3. The number of H-pyrrole nitrogens is 1. The van der Waals surface area contributed by atoms with Gasteiger partial charge in [0.15, 0.2) is 5.82 Å². The Morgan fingerprint density at radius 3 is 2.44 bits per heavy atom. The number of urea groups is 1. The molecule has 0 saturated carbocycles. The molecule has 2 fully saturated rings. The van der Waals surface area contributed by atoms with Gasteiger partial charge in [-0.1, -0.05) is 38.1 Å². The molecule has 8 rings (SSSR count). The minimum Gasteiger partial charge on any atom is -0.383 e. The number of aromatic amines is 1. The van der Waals surface area contributed by atoms with E-state index in [1.807, 2.05) is 83.3 Å². The van der Waals surface area contributed by atoms with Crippen molar-refractivity contribution in [3.63, 3.8) is 0 Å². The summed E-state index contributed by atoms with van der Waals surface area (Å²) in [5, 5.41) is 14.9. The van der Waals surface area contributed by atoms with Crippen molar-refractivity contribution in [2.45, 2.75) is 65.3 Å². The highest BCUT2D eigenvalue weighted by Gasteiger charge is 2.30. The number of carbonyl (C=O) groups excluding carboxylic acids is 3. The first kappa shape index (κ1) is 42.0. The van der Waals surface area contributed by atoms with Crippen LogP contribution in [0, 0.1) is 12.8 Å². The van der Waals surface area contributed by atoms with Crippen LogP contribution in [0.15, 0.2) is 77.7 Å². The fraction of sp³-hybridized carbons (Fsp3) is 0.391. The van der Waals surface area contributed by atoms with Gasteiger partial charge in [0.1, 0.15) is 12.0 Å². The molecule has 62 heavy (non-hydrogen) atoms. The van der Waals surface area contributed by atoms with Crippen LogP contribution in [-0.4, -0.2) is 99.1 Å². The van der Waals surface area contributed by atoms with Crippen molar-refractivity contribution in [1.82, 2.24) is 45.6 Å². The Hall–Kier alpha value is -6.68. The number of imide groups is 1. The largest absolute Gasteiger partial charge is 0.383 e. The molecule has 16 heteroatoms. The van der Waals surface area contributed by atoms with Crippen LogP contribution in [0.4, 0.5) is 21.9 Å². The molecule has 1 atom stereocenters. The lowest BCUT2D eigenvalue weighted by Gasteiger charge is -2.35. The summed E-state index contributed by atoms with van der Waals surface area (Å²) in [7, 11) is 1.54. The first-order chi connectivity index (χ1) is 29.8. The number of benzene rings is 2. The number of nitrogens with zero attached hydrogens (tertiary/aromatic N) is 8. The van der Waals surface area contributed by atoms with Gasteiger partial charge in [0, 0.05) is 73.9 Å². The van der Waals surface area contributed by atoms with E-state index in [-0.39, 0.29) is 29.3 Å². The standard InChI is InChI=1S/C46H54N12O4/c1-28-23-31(7-13-35(28)29(2)52-42(60)43-54-44(55-62-43)46(3,4)5)40-36-24-38(53-41(36)51-27-50-40)37-14-8-32(26-49-37)48-19-18-47-25-30-15-20-57(21-16-30)33-9-11-34(12-10-33)58-22-17-39(59)56(6)45(58)61/h7-14,23-24,26-27,29-30,47-48H,15-22,25H2,1-6H3,(H,52,60)(H,50,51,53)/t29-/m1/s1. The third-order valence-electron chi connectivity index (χ3n) is 11.8. The molecule has 4 N–H and O–H groups in total. The van der Waals surface area contributed by atoms with Gasteiger partial charge in [-0.25, -0.2) is 14.8 Å². The van der Waals surface area contributed by atoms with Crippen molar-refractivity contribution in [3.8, 4) is 22.6 Å². The first-order valence-electron chi connectivity index (χ1n) is 21.3. The number of anilines is 3. The van der Waals surface area contributed by atoms with Crippen LogP contribution in [0.2, 0.25) is 0 Å². The summed E-state index contributed by atoms with van der Waals surface area (Å²) in [6.07, 6.45) is 5.98. The van der Waals surface area contributed by atoms with E-state index in [4.69, 9.17) is 9.51 Å². The SMILES string of the molecule is Cc1cc(-c2ncnc3[nH]c(-c4ccc(NCCNCC5CCN(c6ccc(N7CCC(=O)N(C)C7=O)cc6)CC5)cn4)cc23)ccc1[C@@H](C)NC(=O)c1nc(C(C)(C)C)no1. The average Bonchev–Trinajstić information content (AvgIpc) is 3.96. The zero-order valence-corrected chi connectivity index (χ0v) is 36.2. The van der Waals surface area contributed by atoms with Crippen molar-refractivity contribution in [1.29, 1.82) is 0 Å². The third kappa shape index (κ3) is 9.15. The second-order valence-corrected chi connectivity index (χ2v) is 17.3. The zero-order valence-electron chi connectivity index (χ0n) is 36.2. The minimum atomic E-state index is -0.416. The Morgan fingerprint density at radius 2 is 1.73 bits per heavy atom. The summed E-state index contributed by atoms with van der Waals surface area (Å²) in [6, 6.07) is 19.7. The zero-order chi connectivity index (χ0) is 43.5. The van der Waals surface area contributed by atoms with Gasteiger partial charge >= 0.3 is 17.8 Å². The monoisotopic (exact) mass is 838 g/mol. The Morgan fingerprint density at radius 1 is 0.952 bits per heavy atom. The molecule has 6 heterocycles. The smallest absolute Gasteiger partial charge is 0.330 e. The quantitative estimate of drug-likeness (QED) is 0.0885. The van der Waals surface area contributed by atoms with E-state index in [0.29, 0.717) is 24.7 Å². The lowest BCUT2D eigenvalue weighted by atomic mass is 9.96. The van der Waals surface area contributed by atoms with Crippen molar-refractivity contribution >= 4 is 45.9 Å². The summed E-state index contributed by atoms with van der Waals surface area (Å²) in [4.78, 5) is 64.2. The van der Waals surface area contributed by atoms with Crippen LogP contribution in [0.25, 0.3) is 33.7 Å². The highest BCUT2D eigenvalue weighted by molar-refractivity contribution is 6.05. The number of piperidine rings is 1. The van der Waals surface area contributed by atoms with Gasteiger partial charge < -0.3 is 30.4 Å². The van der Waals surface area contributed by atoms with Gasteiger partial charge in [0.25, 0.3) is 0 Å². The van der Waals surface area contributed by atoms with Gasteiger partial charge in [0.05, 0.1) is 35.0 Å². The van der Waals surface area contributed by atoms with Gasteiger partial charge in [-0.3, -0.25) is 24.4 Å². The number of amides is 4. The summed E-state index contributed by atoms with van der Waals surface area (Å²) < 4.78 is 5.24. The molecule has 0 aliphatic carbocycles. The van der Waals surface area contributed by atoms with Crippen LogP contribution >= 0.6 is 0 Å². The Balaban J connectivity index is 0.793. The van der Waals surface area contributed by atoms with Gasteiger partial charge in [-0.05, 0) is 98.8 Å². The van der Waals surface area contributed by atoms with Crippen molar-refractivity contribution in [3.05, 3.63) is 96.0 Å². The molecule has 2 aromatic carbocycles. The second-order valence-electron chi connectivity index (χ2n) is 17.3. The maximum absolute atomic E-state index is 12.9. The van der Waals surface area contributed by atoms with Crippen LogP contribution in [0.3, 0.4) is 0 Å². The Kier molecular flexibility index (Phi) is 12.0. The van der Waals surface area contributed by atoms with E-state index in [0.717, 1.165) is 107 Å². The van der Waals surface area contributed by atoms with Crippen molar-refractivity contribution < 1.29 is 18.9 Å². The summed E-state index contributed by atoms with van der Waals surface area (Å²) in [5.74, 6) is 0.489. The number of nitrogens with one attached hydrogen (secondary N) is 4. The Bertz CT molecular complexity index is 2550. The molecular weight excluding hydrogens is 785 g/mol. The number of hydrogen-bond donors (Lipinski definition) is 4. The number of carbonyl (C=O) groups is 3. The van der Waals surface area contributed by atoms with Gasteiger partial charge in [-0.15, -0.1) is 0 Å². The summed E-state index contributed by atoms with van der Waals surface area (Å²) >= 11 is 0. The van der Waals surface area contributed by atoms with Gasteiger partial charge in [0.2, 0.25) is 5.91 Å². The molecule has 0 bridgehead atoms. The molecule has 2 saturated heterocycles.